The van der Waals surface area contributed by atoms with E-state index < -0.39 is 5.54 Å². The van der Waals surface area contributed by atoms with Crippen LogP contribution in [0.15, 0.2) is 30.3 Å². The zero-order valence-electron chi connectivity index (χ0n) is 16.0. The van der Waals surface area contributed by atoms with Gasteiger partial charge in [-0.15, -0.1) is 0 Å². The zero-order valence-corrected chi connectivity index (χ0v) is 16.0. The van der Waals surface area contributed by atoms with Gasteiger partial charge in [-0.25, -0.2) is 4.79 Å². The van der Waals surface area contributed by atoms with E-state index in [9.17, 15) is 14.4 Å². The van der Waals surface area contributed by atoms with Crippen LogP contribution in [0.1, 0.15) is 57.4 Å². The fourth-order valence-electron chi connectivity index (χ4n) is 4.04. The van der Waals surface area contributed by atoms with Crippen molar-refractivity contribution in [2.75, 3.05) is 6.54 Å². The van der Waals surface area contributed by atoms with Gasteiger partial charge in [-0.2, -0.15) is 0 Å². The first kappa shape index (κ1) is 19.4. The lowest BCUT2D eigenvalue weighted by atomic mass is 9.98. The van der Waals surface area contributed by atoms with E-state index in [1.165, 1.54) is 10.5 Å². The Morgan fingerprint density at radius 3 is 2.63 bits per heavy atom. The molecule has 1 aromatic rings. The van der Waals surface area contributed by atoms with Gasteiger partial charge in [-0.1, -0.05) is 43.2 Å². The summed E-state index contributed by atoms with van der Waals surface area (Å²) in [6.45, 7) is 2.31. The summed E-state index contributed by atoms with van der Waals surface area (Å²) in [6, 6.07) is 9.99. The molecule has 146 valence electrons. The van der Waals surface area contributed by atoms with E-state index in [1.807, 2.05) is 25.1 Å². The monoisotopic (exact) mass is 371 g/mol. The molecular formula is C21H29N3O3. The molecule has 1 heterocycles. The zero-order chi connectivity index (χ0) is 19.3. The summed E-state index contributed by atoms with van der Waals surface area (Å²) in [5.41, 5.74) is 0.601. The number of aryl methyl sites for hydroxylation is 1. The first-order valence-corrected chi connectivity index (χ1v) is 9.97. The summed E-state index contributed by atoms with van der Waals surface area (Å²) in [5.74, 6) is -0.139. The fraction of sp³-hybridized carbons (Fsp3) is 0.571. The minimum absolute atomic E-state index is 0.0294. The van der Waals surface area contributed by atoms with Gasteiger partial charge in [-0.3, -0.25) is 14.5 Å². The molecule has 1 saturated carbocycles. The van der Waals surface area contributed by atoms with Crippen LogP contribution in [0.2, 0.25) is 0 Å². The maximum Gasteiger partial charge on any atom is 0.325 e. The molecule has 1 aliphatic heterocycles. The van der Waals surface area contributed by atoms with Crippen molar-refractivity contribution in [3.05, 3.63) is 35.9 Å². The van der Waals surface area contributed by atoms with Crippen LogP contribution in [0.5, 0.6) is 0 Å². The topological polar surface area (TPSA) is 78.5 Å². The van der Waals surface area contributed by atoms with Crippen molar-refractivity contribution < 1.29 is 14.4 Å². The van der Waals surface area contributed by atoms with Gasteiger partial charge < -0.3 is 10.6 Å². The van der Waals surface area contributed by atoms with Gasteiger partial charge >= 0.3 is 6.03 Å². The molecule has 1 atom stereocenters. The number of benzene rings is 1. The van der Waals surface area contributed by atoms with E-state index in [0.717, 1.165) is 38.5 Å². The van der Waals surface area contributed by atoms with E-state index in [1.54, 1.807) is 0 Å². The molecule has 1 aromatic carbocycles. The molecule has 6 heteroatoms. The minimum Gasteiger partial charge on any atom is -0.354 e. The number of nitrogens with zero attached hydrogens (tertiary/aromatic N) is 1. The number of hydrogen-bond acceptors (Lipinski definition) is 3. The number of hydrogen-bond donors (Lipinski definition) is 2. The lowest BCUT2D eigenvalue weighted by Crippen LogP contribution is -2.44. The van der Waals surface area contributed by atoms with Crippen molar-refractivity contribution in [3.63, 3.8) is 0 Å². The third-order valence-corrected chi connectivity index (χ3v) is 5.60. The van der Waals surface area contributed by atoms with Crippen LogP contribution >= 0.6 is 0 Å². The summed E-state index contributed by atoms with van der Waals surface area (Å²) < 4.78 is 0. The SMILES string of the molecule is CC(CCc1ccccc1)NC(=O)CCCN1C(=O)NC2(CCCC2)C1=O. The van der Waals surface area contributed by atoms with Gasteiger partial charge in [0, 0.05) is 19.0 Å². The molecule has 1 spiro atoms. The van der Waals surface area contributed by atoms with Crippen molar-refractivity contribution in [2.45, 2.75) is 69.9 Å². The normalized spacial score (nSPS) is 19.4. The summed E-state index contributed by atoms with van der Waals surface area (Å²) >= 11 is 0. The second kappa shape index (κ2) is 8.55. The first-order valence-electron chi connectivity index (χ1n) is 9.97. The number of carbonyl (C=O) groups is 3. The number of amides is 4. The molecular weight excluding hydrogens is 342 g/mol. The Hall–Kier alpha value is -2.37. The Balaban J connectivity index is 1.37. The van der Waals surface area contributed by atoms with Crippen LogP contribution in [0, 0.1) is 0 Å². The molecule has 3 rings (SSSR count). The molecule has 0 radical (unpaired) electrons. The molecule has 0 bridgehead atoms. The third kappa shape index (κ3) is 4.67. The van der Waals surface area contributed by atoms with Crippen molar-refractivity contribution in [2.24, 2.45) is 0 Å². The van der Waals surface area contributed by atoms with Crippen LogP contribution < -0.4 is 10.6 Å². The van der Waals surface area contributed by atoms with Crippen molar-refractivity contribution >= 4 is 17.8 Å². The van der Waals surface area contributed by atoms with Gasteiger partial charge in [0.15, 0.2) is 0 Å². The van der Waals surface area contributed by atoms with Crippen molar-refractivity contribution in [1.29, 1.82) is 0 Å². The van der Waals surface area contributed by atoms with E-state index >= 15 is 0 Å². The number of rotatable bonds is 8. The minimum atomic E-state index is -0.661. The Labute approximate surface area is 160 Å². The predicted molar refractivity (Wildman–Crippen MR) is 103 cm³/mol. The molecule has 1 unspecified atom stereocenters. The number of nitrogens with one attached hydrogen (secondary N) is 2. The highest BCUT2D eigenvalue weighted by Gasteiger charge is 2.51. The summed E-state index contributed by atoms with van der Waals surface area (Å²) in [7, 11) is 0. The Bertz CT molecular complexity index is 683. The van der Waals surface area contributed by atoms with Gasteiger partial charge in [-0.05, 0) is 44.6 Å². The van der Waals surface area contributed by atoms with Crippen LogP contribution in [0.3, 0.4) is 0 Å². The van der Waals surface area contributed by atoms with E-state index in [-0.39, 0.29) is 23.9 Å². The molecule has 2 N–H and O–H groups in total. The standard InChI is InChI=1S/C21H29N3O3/c1-16(11-12-17-8-3-2-4-9-17)22-18(25)10-7-15-24-19(26)21(23-20(24)27)13-5-6-14-21/h2-4,8-9,16H,5-7,10-15H2,1H3,(H,22,25)(H,23,27). The predicted octanol–water partition coefficient (Wildman–Crippen LogP) is 2.77. The summed E-state index contributed by atoms with van der Waals surface area (Å²) in [6.07, 6.45) is 6.03. The molecule has 1 saturated heterocycles. The van der Waals surface area contributed by atoms with Gasteiger partial charge in [0.25, 0.3) is 5.91 Å². The molecule has 1 aliphatic carbocycles. The first-order chi connectivity index (χ1) is 13.0. The van der Waals surface area contributed by atoms with E-state index in [4.69, 9.17) is 0 Å². The maximum atomic E-state index is 12.6. The smallest absolute Gasteiger partial charge is 0.325 e. The van der Waals surface area contributed by atoms with Gasteiger partial charge in [0.05, 0.1) is 0 Å². The lowest BCUT2D eigenvalue weighted by Gasteiger charge is -2.20. The molecule has 2 fully saturated rings. The lowest BCUT2D eigenvalue weighted by molar-refractivity contribution is -0.131. The number of carbonyl (C=O) groups excluding carboxylic acids is 3. The molecule has 0 aromatic heterocycles. The highest BCUT2D eigenvalue weighted by Crippen LogP contribution is 2.35. The van der Waals surface area contributed by atoms with Crippen LogP contribution in [-0.4, -0.2) is 40.9 Å². The average Bonchev–Trinajstić information content (AvgIpc) is 3.21. The number of imide groups is 1. The molecule has 6 nitrogen and oxygen atoms in total. The van der Waals surface area contributed by atoms with Crippen LogP contribution in [0.4, 0.5) is 4.79 Å². The Morgan fingerprint density at radius 1 is 1.22 bits per heavy atom. The van der Waals surface area contributed by atoms with Gasteiger partial charge in [0.2, 0.25) is 5.91 Å². The average molecular weight is 371 g/mol. The van der Waals surface area contributed by atoms with Crippen molar-refractivity contribution in [3.8, 4) is 0 Å². The summed E-state index contributed by atoms with van der Waals surface area (Å²) in [4.78, 5) is 38.1. The summed E-state index contributed by atoms with van der Waals surface area (Å²) in [5, 5.41) is 5.87. The second-order valence-corrected chi connectivity index (χ2v) is 7.77. The fourth-order valence-corrected chi connectivity index (χ4v) is 4.04. The van der Waals surface area contributed by atoms with Crippen molar-refractivity contribution in [1.82, 2.24) is 15.5 Å². The highest BCUT2D eigenvalue weighted by molar-refractivity contribution is 6.07. The maximum absolute atomic E-state index is 12.6. The van der Waals surface area contributed by atoms with E-state index in [2.05, 4.69) is 22.8 Å². The van der Waals surface area contributed by atoms with Crippen LogP contribution in [-0.2, 0) is 16.0 Å². The second-order valence-electron chi connectivity index (χ2n) is 7.77. The largest absolute Gasteiger partial charge is 0.354 e. The molecule has 2 aliphatic rings. The number of urea groups is 1. The van der Waals surface area contributed by atoms with Crippen LogP contribution in [0.25, 0.3) is 0 Å². The molecule has 4 amide bonds. The third-order valence-electron chi connectivity index (χ3n) is 5.60. The Kier molecular flexibility index (Phi) is 6.14. The quantitative estimate of drug-likeness (QED) is 0.690. The van der Waals surface area contributed by atoms with E-state index in [0.29, 0.717) is 19.4 Å². The highest BCUT2D eigenvalue weighted by atomic mass is 16.2. The molecule has 27 heavy (non-hydrogen) atoms. The van der Waals surface area contributed by atoms with Gasteiger partial charge in [0.1, 0.15) is 5.54 Å². The Morgan fingerprint density at radius 2 is 1.93 bits per heavy atom.